The molecule has 2 heterocycles. The van der Waals surface area contributed by atoms with Crippen molar-refractivity contribution in [3.8, 4) is 23.4 Å². The zero-order chi connectivity index (χ0) is 19.9. The molecule has 3 rings (SSSR count). The smallest absolute Gasteiger partial charge is 0.252 e. The molecule has 0 radical (unpaired) electrons. The second kappa shape index (κ2) is 8.62. The first kappa shape index (κ1) is 18.8. The summed E-state index contributed by atoms with van der Waals surface area (Å²) in [6, 6.07) is 10.7. The Balaban J connectivity index is 1.93. The Kier molecular flexibility index (Phi) is 5.80. The molecule has 0 unspecified atom stereocenters. The third-order valence-corrected chi connectivity index (χ3v) is 3.90. The average molecular weight is 393 g/mol. The molecule has 0 saturated heterocycles. The summed E-state index contributed by atoms with van der Waals surface area (Å²) in [5, 5.41) is 27.2. The Labute approximate surface area is 165 Å². The number of nitrogens with zero attached hydrogens (tertiary/aromatic N) is 6. The zero-order valence-electron chi connectivity index (χ0n) is 14.4. The number of nitrogens with one attached hydrogen (secondary N) is 2. The standard InChI is InChI=1S/C18H13ClN8O/c19-15-10-23-18(25-12-9-24-27(11-12)8-6-21)26-16(15)13-3-1-2-4-14(13)17(28)22-7-5-20/h1-4,9-11H,7-8H2,(H,22,28)(H,23,25,26). The molecule has 28 heavy (non-hydrogen) atoms. The first-order chi connectivity index (χ1) is 13.6. The van der Waals surface area contributed by atoms with Crippen molar-refractivity contribution in [1.29, 1.82) is 10.5 Å². The predicted octanol–water partition coefficient (Wildman–Crippen LogP) is 2.51. The van der Waals surface area contributed by atoms with E-state index in [9.17, 15) is 4.79 Å². The van der Waals surface area contributed by atoms with Crippen molar-refractivity contribution < 1.29 is 4.79 Å². The number of amides is 1. The number of carbonyl (C=O) groups is 1. The van der Waals surface area contributed by atoms with Gasteiger partial charge in [0.2, 0.25) is 5.95 Å². The number of rotatable bonds is 6. The van der Waals surface area contributed by atoms with E-state index in [4.69, 9.17) is 22.1 Å². The molecule has 0 saturated carbocycles. The van der Waals surface area contributed by atoms with Crippen LogP contribution in [0.2, 0.25) is 5.02 Å². The Bertz CT molecular complexity index is 1100. The van der Waals surface area contributed by atoms with Crippen LogP contribution >= 0.6 is 11.6 Å². The maximum atomic E-state index is 12.3. The van der Waals surface area contributed by atoms with E-state index in [0.29, 0.717) is 22.5 Å². The van der Waals surface area contributed by atoms with Crippen molar-refractivity contribution >= 4 is 29.1 Å². The summed E-state index contributed by atoms with van der Waals surface area (Å²) >= 11 is 6.27. The third-order valence-electron chi connectivity index (χ3n) is 3.62. The highest BCUT2D eigenvalue weighted by atomic mass is 35.5. The van der Waals surface area contributed by atoms with E-state index < -0.39 is 5.91 Å². The second-order valence-corrected chi connectivity index (χ2v) is 5.89. The van der Waals surface area contributed by atoms with Gasteiger partial charge in [-0.15, -0.1) is 0 Å². The van der Waals surface area contributed by atoms with Gasteiger partial charge in [0, 0.05) is 17.3 Å². The van der Waals surface area contributed by atoms with E-state index in [1.165, 1.54) is 17.1 Å². The van der Waals surface area contributed by atoms with Gasteiger partial charge in [0.25, 0.3) is 5.91 Å². The Hall–Kier alpha value is -3.95. The highest BCUT2D eigenvalue weighted by molar-refractivity contribution is 6.33. The van der Waals surface area contributed by atoms with Gasteiger partial charge < -0.3 is 10.6 Å². The fourth-order valence-electron chi connectivity index (χ4n) is 2.44. The molecule has 10 heteroatoms. The number of benzene rings is 1. The molecule has 0 aliphatic rings. The van der Waals surface area contributed by atoms with Gasteiger partial charge in [-0.05, 0) is 6.07 Å². The molecule has 9 nitrogen and oxygen atoms in total. The van der Waals surface area contributed by atoms with Crippen molar-refractivity contribution in [3.05, 3.63) is 53.4 Å². The van der Waals surface area contributed by atoms with Crippen LogP contribution in [0.3, 0.4) is 0 Å². The van der Waals surface area contributed by atoms with Crippen molar-refractivity contribution in [1.82, 2.24) is 25.1 Å². The number of nitriles is 2. The van der Waals surface area contributed by atoms with Crippen molar-refractivity contribution in [2.75, 3.05) is 11.9 Å². The molecule has 138 valence electrons. The summed E-state index contributed by atoms with van der Waals surface area (Å²) in [5.74, 6) is -0.151. The van der Waals surface area contributed by atoms with Crippen LogP contribution in [0.5, 0.6) is 0 Å². The van der Waals surface area contributed by atoms with Crippen LogP contribution in [0.4, 0.5) is 11.6 Å². The van der Waals surface area contributed by atoms with E-state index in [1.54, 1.807) is 30.5 Å². The number of hydrogen-bond donors (Lipinski definition) is 2. The van der Waals surface area contributed by atoms with Gasteiger partial charge in [-0.3, -0.25) is 9.48 Å². The maximum Gasteiger partial charge on any atom is 0.252 e. The predicted molar refractivity (Wildman–Crippen MR) is 102 cm³/mol. The molecular weight excluding hydrogens is 380 g/mol. The number of carbonyl (C=O) groups excluding carboxylic acids is 1. The van der Waals surface area contributed by atoms with Crippen LogP contribution in [0.25, 0.3) is 11.3 Å². The lowest BCUT2D eigenvalue weighted by atomic mass is 10.0. The minimum absolute atomic E-state index is 0.107. The summed E-state index contributed by atoms with van der Waals surface area (Å²) in [4.78, 5) is 20.9. The van der Waals surface area contributed by atoms with Gasteiger partial charge in [-0.1, -0.05) is 29.8 Å². The van der Waals surface area contributed by atoms with Gasteiger partial charge in [0.1, 0.15) is 13.1 Å². The lowest BCUT2D eigenvalue weighted by Crippen LogP contribution is -2.24. The van der Waals surface area contributed by atoms with E-state index in [1.807, 2.05) is 12.1 Å². The van der Waals surface area contributed by atoms with Gasteiger partial charge in [0.05, 0.1) is 40.9 Å². The van der Waals surface area contributed by atoms with Crippen molar-refractivity contribution in [2.45, 2.75) is 6.54 Å². The monoisotopic (exact) mass is 392 g/mol. The SMILES string of the molecule is N#CCNC(=O)c1ccccc1-c1nc(Nc2cnn(CC#N)c2)ncc1Cl. The average Bonchev–Trinajstić information content (AvgIpc) is 3.15. The Morgan fingerprint density at radius 2 is 2.04 bits per heavy atom. The summed E-state index contributed by atoms with van der Waals surface area (Å²) in [7, 11) is 0. The van der Waals surface area contributed by atoms with Gasteiger partial charge in [-0.25, -0.2) is 9.97 Å². The molecule has 2 aromatic heterocycles. The maximum absolute atomic E-state index is 12.3. The van der Waals surface area contributed by atoms with Crippen LogP contribution in [0.15, 0.2) is 42.9 Å². The molecule has 0 spiro atoms. The molecule has 1 amide bonds. The van der Waals surface area contributed by atoms with Crippen LogP contribution in [0, 0.1) is 22.7 Å². The highest BCUT2D eigenvalue weighted by Crippen LogP contribution is 2.29. The molecule has 0 aliphatic heterocycles. The Morgan fingerprint density at radius 1 is 1.21 bits per heavy atom. The van der Waals surface area contributed by atoms with E-state index in [0.717, 1.165) is 0 Å². The van der Waals surface area contributed by atoms with Crippen LogP contribution in [0.1, 0.15) is 10.4 Å². The molecule has 0 atom stereocenters. The normalized spacial score (nSPS) is 9.96. The minimum atomic E-state index is -0.404. The first-order valence-electron chi connectivity index (χ1n) is 8.06. The Morgan fingerprint density at radius 3 is 2.82 bits per heavy atom. The molecule has 1 aromatic carbocycles. The van der Waals surface area contributed by atoms with E-state index in [2.05, 4.69) is 25.7 Å². The highest BCUT2D eigenvalue weighted by Gasteiger charge is 2.16. The quantitative estimate of drug-likeness (QED) is 0.615. The number of halogens is 1. The molecule has 3 aromatic rings. The summed E-state index contributed by atoms with van der Waals surface area (Å²) in [6.07, 6.45) is 4.61. The van der Waals surface area contributed by atoms with E-state index >= 15 is 0 Å². The first-order valence-corrected chi connectivity index (χ1v) is 8.43. The number of hydrogen-bond acceptors (Lipinski definition) is 7. The van der Waals surface area contributed by atoms with Crippen LogP contribution in [-0.4, -0.2) is 32.2 Å². The molecule has 0 bridgehead atoms. The zero-order valence-corrected chi connectivity index (χ0v) is 15.2. The van der Waals surface area contributed by atoms with Crippen molar-refractivity contribution in [2.24, 2.45) is 0 Å². The third kappa shape index (κ3) is 4.23. The van der Waals surface area contributed by atoms with Gasteiger partial charge in [0.15, 0.2) is 0 Å². The topological polar surface area (TPSA) is 132 Å². The fourth-order valence-corrected chi connectivity index (χ4v) is 2.63. The van der Waals surface area contributed by atoms with Crippen LogP contribution < -0.4 is 10.6 Å². The second-order valence-electron chi connectivity index (χ2n) is 5.49. The molecular formula is C18H13ClN8O. The van der Waals surface area contributed by atoms with Crippen LogP contribution in [-0.2, 0) is 6.54 Å². The molecule has 0 aliphatic carbocycles. The summed E-state index contributed by atoms with van der Waals surface area (Å²) in [6.45, 7) is 0.0176. The molecule has 2 N–H and O–H groups in total. The minimum Gasteiger partial charge on any atom is -0.339 e. The summed E-state index contributed by atoms with van der Waals surface area (Å²) < 4.78 is 1.47. The molecule has 0 fully saturated rings. The van der Waals surface area contributed by atoms with E-state index in [-0.39, 0.29) is 24.1 Å². The van der Waals surface area contributed by atoms with Gasteiger partial charge in [-0.2, -0.15) is 15.6 Å². The number of anilines is 2. The lowest BCUT2D eigenvalue weighted by Gasteiger charge is -2.11. The summed E-state index contributed by atoms with van der Waals surface area (Å²) in [5.41, 5.74) is 1.81. The number of aromatic nitrogens is 4. The fraction of sp³-hybridized carbons (Fsp3) is 0.111. The lowest BCUT2D eigenvalue weighted by molar-refractivity contribution is 0.0959. The van der Waals surface area contributed by atoms with Crippen molar-refractivity contribution in [3.63, 3.8) is 0 Å². The van der Waals surface area contributed by atoms with Gasteiger partial charge >= 0.3 is 0 Å². The largest absolute Gasteiger partial charge is 0.339 e.